The Hall–Kier alpha value is -5.96. The zero-order valence-electron chi connectivity index (χ0n) is 73.3. The van der Waals surface area contributed by atoms with Crippen LogP contribution < -0.4 is 42.0 Å². The fraction of sp³-hybridized carbons (Fsp3) is 0.713. The molecule has 3 aromatic carbocycles. The van der Waals surface area contributed by atoms with Crippen LogP contribution in [0.3, 0.4) is 0 Å². The molecule has 22 nitrogen and oxygen atoms in total. The van der Waals surface area contributed by atoms with E-state index in [1.54, 1.807) is 45.9 Å². The molecule has 6 fully saturated rings. The number of hydrogen-bond donors (Lipinski definition) is 9. The number of nitrogens with zero attached hydrogens (tertiary/aromatic N) is 4. The number of ether oxygens (including phenoxy) is 5. The van der Waals surface area contributed by atoms with Gasteiger partial charge in [0.25, 0.3) is 0 Å². The molecular weight excluding hydrogens is 1550 g/mol. The zero-order chi connectivity index (χ0) is 85.1. The quantitative estimate of drug-likeness (QED) is 0.0187. The summed E-state index contributed by atoms with van der Waals surface area (Å²) >= 11 is 12.6. The van der Waals surface area contributed by atoms with Gasteiger partial charge in [-0.2, -0.15) is 0 Å². The van der Waals surface area contributed by atoms with Gasteiger partial charge < -0.3 is 85.8 Å². The van der Waals surface area contributed by atoms with Crippen molar-refractivity contribution in [3.8, 4) is 11.5 Å². The number of methoxy groups -OCH3 is 3. The molecule has 9 N–H and O–H groups in total. The average Bonchev–Trinajstić information content (AvgIpc) is 0.768. The Labute approximate surface area is 722 Å². The molecule has 0 unspecified atom stereocenters. The maximum atomic E-state index is 15.6. The number of aliphatic hydroxyl groups is 2. The SMILES string of the molecule is CCOCCNC[C@H](CC1CCCCC1)NC(=O)N1CCC[C@@H]([C@@](O)(CCCCOC)c2cccc(Cl)c2)C1.CNC[C@H](CC1CCCCC1)NC(=O)N1CCC[C@@H]([C@@](CCCCOC)(NC(C)=O)c2cccc(Cl)c2F)C1.CNC[C@H](CC1CCCCC1)NC(=O)N1CCC[C@@H]([C@@](O)(CCCCOC)c2ccccc2Oc2cccnc2)C1. The van der Waals surface area contributed by atoms with Gasteiger partial charge in [0.2, 0.25) is 5.91 Å². The van der Waals surface area contributed by atoms with Crippen LogP contribution in [0, 0.1) is 41.3 Å². The summed E-state index contributed by atoms with van der Waals surface area (Å²) < 4.78 is 43.1. The van der Waals surface area contributed by atoms with Crippen molar-refractivity contribution in [2.75, 3.05) is 134 Å². The van der Waals surface area contributed by atoms with Crippen molar-refractivity contribution in [2.45, 2.75) is 261 Å². The normalized spacial score (nSPS) is 20.6. The highest BCUT2D eigenvalue weighted by Gasteiger charge is 2.48. The minimum absolute atomic E-state index is 0.0139. The molecule has 7 amide bonds. The molecule has 3 aliphatic heterocycles. The van der Waals surface area contributed by atoms with Crippen molar-refractivity contribution >= 4 is 47.2 Å². The lowest BCUT2D eigenvalue weighted by Gasteiger charge is -2.47. The molecule has 10 rings (SSSR count). The van der Waals surface area contributed by atoms with Gasteiger partial charge in [-0.05, 0) is 196 Å². The number of nitrogens with one attached hydrogen (secondary N) is 7. The first-order valence-electron chi connectivity index (χ1n) is 45.6. The maximum Gasteiger partial charge on any atom is 0.317 e. The lowest BCUT2D eigenvalue weighted by atomic mass is 9.71. The number of para-hydroxylation sites is 1. The first-order chi connectivity index (χ1) is 57.8. The van der Waals surface area contributed by atoms with Gasteiger partial charge in [0, 0.05) is 178 Å². The number of carbonyl (C=O) groups excluding carboxylic acids is 4. The van der Waals surface area contributed by atoms with E-state index in [0.717, 1.165) is 134 Å². The average molecular weight is 1700 g/mol. The van der Waals surface area contributed by atoms with Crippen LogP contribution in [0.25, 0.3) is 0 Å². The van der Waals surface area contributed by atoms with Gasteiger partial charge in [-0.3, -0.25) is 9.78 Å². The number of likely N-dealkylation sites (tertiary alicyclic amines) is 3. The molecule has 3 aliphatic carbocycles. The summed E-state index contributed by atoms with van der Waals surface area (Å²) in [4.78, 5) is 63.2. The minimum atomic E-state index is -1.15. The van der Waals surface area contributed by atoms with E-state index in [1.165, 1.54) is 109 Å². The number of pyridine rings is 1. The molecule has 6 aliphatic rings. The number of carbonyl (C=O) groups is 4. The monoisotopic (exact) mass is 1700 g/mol. The fourth-order valence-electron chi connectivity index (χ4n) is 19.8. The molecule has 4 heterocycles. The summed E-state index contributed by atoms with van der Waals surface area (Å²) in [6.07, 6.45) is 37.2. The van der Waals surface area contributed by atoms with E-state index >= 15 is 4.39 Å². The standard InChI is InChI=1S/C33H50N4O4.C31H52ClN3O4.C30H48ClFN4O3/c1-34-23-28(22-26-12-4-3-5-13-26)36-32(38)37-20-11-14-27(25-37)33(39,18-8-9-21-40-2)30-16-6-7-17-31(30)41-29-15-10-19-35-24-29;1-3-39-20-17-33-23-29(21-25-11-5-4-6-12-25)34-30(36)35-18-10-14-27(24-35)31(37,16-7-8-19-38-2)26-13-9-15-28(32)22-26;1-22(37)35-30(16-7-8-18-39-3,26-14-9-15-27(31)28(26)32)24-13-10-17-36(21-24)29(38)34-25(20-33-2)19-23-11-5-4-6-12-23/h6-7,10,15-17,19,24,26-28,34,39H,3-5,8-9,11-14,18,20-23,25H2,1-2H3,(H,36,38);9,13,15,22,25,27,29,33,37H,3-8,10-12,14,16-21,23-24H2,1-2H3,(H,34,36);9,14-15,23-25,33H,4-8,10-13,16-21H2,1-3H3,(H,34,38)(H,35,37)/t27-,28+,33+;27-,29+,31-;24-,25+,30-/m111/s1. The number of unbranched alkanes of at least 4 members (excludes halogenated alkanes) is 3. The third kappa shape index (κ3) is 32.0. The van der Waals surface area contributed by atoms with Gasteiger partial charge in [-0.15, -0.1) is 0 Å². The summed E-state index contributed by atoms with van der Waals surface area (Å²) in [5.41, 5.74) is -1.19. The van der Waals surface area contributed by atoms with Gasteiger partial charge in [0.1, 0.15) is 17.3 Å². The highest BCUT2D eigenvalue weighted by atomic mass is 35.5. The molecule has 0 bridgehead atoms. The zero-order valence-corrected chi connectivity index (χ0v) is 74.8. The first-order valence-corrected chi connectivity index (χ1v) is 46.4. The molecule has 3 saturated carbocycles. The number of halogens is 3. The van der Waals surface area contributed by atoms with Gasteiger partial charge in [-0.1, -0.05) is 162 Å². The topological polar surface area (TPSA) is 262 Å². The van der Waals surface area contributed by atoms with Crippen LogP contribution in [-0.2, 0) is 40.5 Å². The number of piperidine rings is 3. The Bertz CT molecular complexity index is 3530. The van der Waals surface area contributed by atoms with Crippen LogP contribution in [-0.4, -0.2) is 206 Å². The van der Waals surface area contributed by atoms with Crippen LogP contribution >= 0.6 is 23.2 Å². The van der Waals surface area contributed by atoms with Crippen molar-refractivity contribution in [2.24, 2.45) is 35.5 Å². The molecule has 119 heavy (non-hydrogen) atoms. The number of aromatic nitrogens is 1. The van der Waals surface area contributed by atoms with E-state index in [0.29, 0.717) is 131 Å². The van der Waals surface area contributed by atoms with Gasteiger partial charge >= 0.3 is 18.1 Å². The molecular formula is C94H150Cl2FN11O11. The predicted octanol–water partition coefficient (Wildman–Crippen LogP) is 17.2. The molecule has 1 aromatic heterocycles. The minimum Gasteiger partial charge on any atom is -0.455 e. The Kier molecular flexibility index (Phi) is 44.6. The second-order valence-electron chi connectivity index (χ2n) is 34.8. The van der Waals surface area contributed by atoms with Crippen molar-refractivity contribution in [1.29, 1.82) is 0 Å². The Balaban J connectivity index is 0.000000222. The van der Waals surface area contributed by atoms with E-state index in [4.69, 9.17) is 46.9 Å². The Morgan fingerprint density at radius 1 is 0.538 bits per heavy atom. The van der Waals surface area contributed by atoms with Crippen molar-refractivity contribution < 1.29 is 57.5 Å². The third-order valence-corrected chi connectivity index (χ3v) is 26.5. The van der Waals surface area contributed by atoms with Crippen LogP contribution in [0.15, 0.2) is 91.3 Å². The first kappa shape index (κ1) is 98.5. The Morgan fingerprint density at radius 3 is 1.50 bits per heavy atom. The van der Waals surface area contributed by atoms with E-state index < -0.39 is 22.6 Å². The predicted molar refractivity (Wildman–Crippen MR) is 475 cm³/mol. The largest absolute Gasteiger partial charge is 0.455 e. The van der Waals surface area contributed by atoms with E-state index in [-0.39, 0.29) is 64.9 Å². The third-order valence-electron chi connectivity index (χ3n) is 26.0. The smallest absolute Gasteiger partial charge is 0.317 e. The lowest BCUT2D eigenvalue weighted by molar-refractivity contribution is -0.122. The maximum absolute atomic E-state index is 15.6. The number of rotatable bonds is 43. The summed E-state index contributed by atoms with van der Waals surface area (Å²) in [6, 6.07) is 24.2. The molecule has 4 aromatic rings. The molecule has 25 heteroatoms. The highest BCUT2D eigenvalue weighted by molar-refractivity contribution is 6.31. The van der Waals surface area contributed by atoms with Crippen molar-refractivity contribution in [3.63, 3.8) is 0 Å². The summed E-state index contributed by atoms with van der Waals surface area (Å²) in [6.45, 7) is 13.3. The molecule has 668 valence electrons. The lowest BCUT2D eigenvalue weighted by Crippen LogP contribution is -2.58. The molecule has 0 radical (unpaired) electrons. The number of likely N-dealkylation sites (N-methyl/N-ethyl adjacent to an activating group) is 2. The number of hydrogen-bond acceptors (Lipinski definition) is 15. The van der Waals surface area contributed by atoms with Gasteiger partial charge in [0.15, 0.2) is 0 Å². The van der Waals surface area contributed by atoms with E-state index in [2.05, 4.69) is 42.2 Å². The van der Waals surface area contributed by atoms with Crippen LogP contribution in [0.1, 0.15) is 242 Å². The second-order valence-corrected chi connectivity index (χ2v) is 35.6. The fourth-order valence-corrected chi connectivity index (χ4v) is 20.2. The van der Waals surface area contributed by atoms with Gasteiger partial charge in [0.05, 0.1) is 34.6 Å². The van der Waals surface area contributed by atoms with Crippen molar-refractivity contribution in [1.82, 2.24) is 56.9 Å². The summed E-state index contributed by atoms with van der Waals surface area (Å²) in [5.74, 6) is 2.17. The molecule has 9 atom stereocenters. The summed E-state index contributed by atoms with van der Waals surface area (Å²) in [5, 5.41) is 48.5. The van der Waals surface area contributed by atoms with Gasteiger partial charge in [-0.25, -0.2) is 18.8 Å². The molecule has 0 spiro atoms. The van der Waals surface area contributed by atoms with E-state index in [9.17, 15) is 29.4 Å². The van der Waals surface area contributed by atoms with Crippen molar-refractivity contribution in [3.05, 3.63) is 124 Å². The Morgan fingerprint density at radius 2 is 1.01 bits per heavy atom. The molecule has 3 saturated heterocycles. The van der Waals surface area contributed by atoms with Crippen LogP contribution in [0.2, 0.25) is 10.0 Å². The number of amides is 7. The second kappa shape index (κ2) is 53.9. The summed E-state index contributed by atoms with van der Waals surface area (Å²) in [7, 11) is 8.94. The highest BCUT2D eigenvalue weighted by Crippen LogP contribution is 2.47. The van der Waals surface area contributed by atoms with Crippen LogP contribution in [0.4, 0.5) is 18.8 Å². The number of urea groups is 3. The van der Waals surface area contributed by atoms with E-state index in [1.807, 2.05) is 96.4 Å². The number of benzene rings is 3. The van der Waals surface area contributed by atoms with Crippen LogP contribution in [0.5, 0.6) is 11.5 Å².